The second kappa shape index (κ2) is 7.11. The minimum Gasteiger partial charge on any atom is -0.481 e. The summed E-state index contributed by atoms with van der Waals surface area (Å²) in [6.07, 6.45) is 1.66. The van der Waals surface area contributed by atoms with Gasteiger partial charge in [0.25, 0.3) is 0 Å². The van der Waals surface area contributed by atoms with E-state index < -0.39 is 5.97 Å². The first-order valence-corrected chi connectivity index (χ1v) is 6.65. The lowest BCUT2D eigenvalue weighted by atomic mass is 9.96. The SMILES string of the molecule is CC(=O)N1CCCC(C(=O)NCC(C)CC(=O)O)C1. The Labute approximate surface area is 113 Å². The zero-order chi connectivity index (χ0) is 14.4. The lowest BCUT2D eigenvalue weighted by Gasteiger charge is -2.31. The van der Waals surface area contributed by atoms with Gasteiger partial charge in [0.05, 0.1) is 5.92 Å². The maximum Gasteiger partial charge on any atom is 0.303 e. The number of carboxylic acids is 1. The fourth-order valence-electron chi connectivity index (χ4n) is 2.27. The van der Waals surface area contributed by atoms with E-state index in [0.717, 1.165) is 12.8 Å². The van der Waals surface area contributed by atoms with Crippen molar-refractivity contribution in [1.29, 1.82) is 0 Å². The summed E-state index contributed by atoms with van der Waals surface area (Å²) in [6.45, 7) is 4.84. The molecule has 6 nitrogen and oxygen atoms in total. The van der Waals surface area contributed by atoms with Gasteiger partial charge in [-0.05, 0) is 18.8 Å². The number of carbonyl (C=O) groups is 3. The largest absolute Gasteiger partial charge is 0.481 e. The van der Waals surface area contributed by atoms with E-state index in [1.807, 2.05) is 0 Å². The molecule has 1 aliphatic rings. The fraction of sp³-hybridized carbons (Fsp3) is 0.769. The molecule has 0 aromatic carbocycles. The highest BCUT2D eigenvalue weighted by Gasteiger charge is 2.27. The van der Waals surface area contributed by atoms with E-state index >= 15 is 0 Å². The maximum atomic E-state index is 12.0. The molecule has 1 heterocycles. The van der Waals surface area contributed by atoms with Crippen molar-refractivity contribution >= 4 is 17.8 Å². The highest BCUT2D eigenvalue weighted by Crippen LogP contribution is 2.16. The minimum atomic E-state index is -0.859. The van der Waals surface area contributed by atoms with Crippen LogP contribution >= 0.6 is 0 Å². The summed E-state index contributed by atoms with van der Waals surface area (Å²) in [5.41, 5.74) is 0. The molecular weight excluding hydrogens is 248 g/mol. The maximum absolute atomic E-state index is 12.0. The Morgan fingerprint density at radius 3 is 2.68 bits per heavy atom. The number of hydrogen-bond donors (Lipinski definition) is 2. The van der Waals surface area contributed by atoms with Crippen LogP contribution in [0.15, 0.2) is 0 Å². The van der Waals surface area contributed by atoms with E-state index in [9.17, 15) is 14.4 Å². The van der Waals surface area contributed by atoms with Crippen molar-refractivity contribution in [3.8, 4) is 0 Å². The summed E-state index contributed by atoms with van der Waals surface area (Å²) in [5, 5.41) is 11.4. The third-order valence-electron chi connectivity index (χ3n) is 3.39. The van der Waals surface area contributed by atoms with E-state index in [-0.39, 0.29) is 30.1 Å². The van der Waals surface area contributed by atoms with Crippen molar-refractivity contribution in [3.63, 3.8) is 0 Å². The Hall–Kier alpha value is -1.59. The van der Waals surface area contributed by atoms with Crippen LogP contribution < -0.4 is 5.32 Å². The Morgan fingerprint density at radius 2 is 2.11 bits per heavy atom. The van der Waals surface area contributed by atoms with Gasteiger partial charge in [0.15, 0.2) is 0 Å². The molecule has 108 valence electrons. The normalized spacial score (nSPS) is 20.7. The third kappa shape index (κ3) is 5.28. The van der Waals surface area contributed by atoms with Gasteiger partial charge in [-0.25, -0.2) is 0 Å². The molecule has 2 N–H and O–H groups in total. The van der Waals surface area contributed by atoms with Crippen LogP contribution in [0, 0.1) is 11.8 Å². The van der Waals surface area contributed by atoms with Crippen LogP contribution in [0.1, 0.15) is 33.1 Å². The standard InChI is InChI=1S/C13H22N2O4/c1-9(6-12(17)18)7-14-13(19)11-4-3-5-15(8-11)10(2)16/h9,11H,3-8H2,1-2H3,(H,14,19)(H,17,18). The van der Waals surface area contributed by atoms with Gasteiger partial charge < -0.3 is 15.3 Å². The zero-order valence-corrected chi connectivity index (χ0v) is 11.5. The van der Waals surface area contributed by atoms with Crippen LogP contribution in [-0.4, -0.2) is 47.4 Å². The first kappa shape index (κ1) is 15.5. The summed E-state index contributed by atoms with van der Waals surface area (Å²) < 4.78 is 0. The number of amides is 2. The predicted molar refractivity (Wildman–Crippen MR) is 69.4 cm³/mol. The Morgan fingerprint density at radius 1 is 1.42 bits per heavy atom. The lowest BCUT2D eigenvalue weighted by Crippen LogP contribution is -2.45. The number of nitrogens with one attached hydrogen (secondary N) is 1. The van der Waals surface area contributed by atoms with Gasteiger partial charge >= 0.3 is 5.97 Å². The summed E-state index contributed by atoms with van der Waals surface area (Å²) in [7, 11) is 0. The van der Waals surface area contributed by atoms with Crippen LogP contribution in [0.3, 0.4) is 0 Å². The van der Waals surface area contributed by atoms with Gasteiger partial charge in [-0.15, -0.1) is 0 Å². The fourth-order valence-corrected chi connectivity index (χ4v) is 2.27. The number of rotatable bonds is 5. The Balaban J connectivity index is 2.36. The van der Waals surface area contributed by atoms with Gasteiger partial charge in [-0.1, -0.05) is 6.92 Å². The summed E-state index contributed by atoms with van der Waals surface area (Å²) in [5.74, 6) is -1.20. The lowest BCUT2D eigenvalue weighted by molar-refractivity contribution is -0.139. The molecule has 1 saturated heterocycles. The number of aliphatic carboxylic acids is 1. The minimum absolute atomic E-state index is 0.00301. The number of carboxylic acid groups (broad SMARTS) is 1. The molecular formula is C13H22N2O4. The van der Waals surface area contributed by atoms with E-state index in [1.54, 1.807) is 11.8 Å². The quantitative estimate of drug-likeness (QED) is 0.760. The molecule has 2 amide bonds. The van der Waals surface area contributed by atoms with Crippen LogP contribution in [0.2, 0.25) is 0 Å². The summed E-state index contributed by atoms with van der Waals surface area (Å²) in [6, 6.07) is 0. The van der Waals surface area contributed by atoms with Crippen LogP contribution in [0.4, 0.5) is 0 Å². The van der Waals surface area contributed by atoms with Crippen LogP contribution in [-0.2, 0) is 14.4 Å². The molecule has 0 aromatic heterocycles. The van der Waals surface area contributed by atoms with Crippen molar-refractivity contribution in [2.45, 2.75) is 33.1 Å². The third-order valence-corrected chi connectivity index (χ3v) is 3.39. The average Bonchev–Trinajstić information content (AvgIpc) is 2.35. The van der Waals surface area contributed by atoms with E-state index in [4.69, 9.17) is 5.11 Å². The second-order valence-electron chi connectivity index (χ2n) is 5.25. The smallest absolute Gasteiger partial charge is 0.303 e. The molecule has 2 atom stereocenters. The predicted octanol–water partition coefficient (Wildman–Crippen LogP) is 0.472. The highest BCUT2D eigenvalue weighted by atomic mass is 16.4. The van der Waals surface area contributed by atoms with E-state index in [2.05, 4.69) is 5.32 Å². The second-order valence-corrected chi connectivity index (χ2v) is 5.25. The molecule has 0 radical (unpaired) electrons. The highest BCUT2D eigenvalue weighted by molar-refractivity contribution is 5.80. The van der Waals surface area contributed by atoms with Crippen molar-refractivity contribution in [1.82, 2.24) is 10.2 Å². The number of likely N-dealkylation sites (tertiary alicyclic amines) is 1. The first-order chi connectivity index (χ1) is 8.90. The van der Waals surface area contributed by atoms with E-state index in [1.165, 1.54) is 6.92 Å². The van der Waals surface area contributed by atoms with Gasteiger partial charge in [-0.3, -0.25) is 14.4 Å². The first-order valence-electron chi connectivity index (χ1n) is 6.65. The topological polar surface area (TPSA) is 86.7 Å². The molecule has 0 bridgehead atoms. The van der Waals surface area contributed by atoms with Crippen LogP contribution in [0.25, 0.3) is 0 Å². The molecule has 6 heteroatoms. The molecule has 1 aliphatic heterocycles. The average molecular weight is 270 g/mol. The molecule has 1 rings (SSSR count). The van der Waals surface area contributed by atoms with Crippen LogP contribution in [0.5, 0.6) is 0 Å². The summed E-state index contributed by atoms with van der Waals surface area (Å²) in [4.78, 5) is 35.4. The Bertz CT molecular complexity index is 357. The van der Waals surface area contributed by atoms with Crippen molar-refractivity contribution < 1.29 is 19.5 Å². The number of piperidine rings is 1. The molecule has 0 aromatic rings. The van der Waals surface area contributed by atoms with Gasteiger partial charge in [0, 0.05) is 33.0 Å². The molecule has 1 fully saturated rings. The summed E-state index contributed by atoms with van der Waals surface area (Å²) >= 11 is 0. The molecule has 0 saturated carbocycles. The van der Waals surface area contributed by atoms with Crippen molar-refractivity contribution in [3.05, 3.63) is 0 Å². The number of carbonyl (C=O) groups excluding carboxylic acids is 2. The van der Waals surface area contributed by atoms with Crippen molar-refractivity contribution in [2.24, 2.45) is 11.8 Å². The Kier molecular flexibility index (Phi) is 5.79. The van der Waals surface area contributed by atoms with Gasteiger partial charge in [0.2, 0.25) is 11.8 Å². The van der Waals surface area contributed by atoms with Gasteiger partial charge in [0.1, 0.15) is 0 Å². The van der Waals surface area contributed by atoms with E-state index in [0.29, 0.717) is 19.6 Å². The molecule has 0 aliphatic carbocycles. The zero-order valence-electron chi connectivity index (χ0n) is 11.5. The number of hydrogen-bond acceptors (Lipinski definition) is 3. The number of nitrogens with zero attached hydrogens (tertiary/aromatic N) is 1. The molecule has 0 spiro atoms. The molecule has 2 unspecified atom stereocenters. The van der Waals surface area contributed by atoms with Crippen molar-refractivity contribution in [2.75, 3.05) is 19.6 Å². The van der Waals surface area contributed by atoms with Gasteiger partial charge in [-0.2, -0.15) is 0 Å². The monoisotopic (exact) mass is 270 g/mol. The molecule has 19 heavy (non-hydrogen) atoms.